The standard InChI is InChI=1S/C14H15ClN2O/c15-13-5-1-4-12(6-7-16)14(13)18-10-11-3-2-8-17-9-11/h1-5,8-9H,6-7,10,16H2. The van der Waals surface area contributed by atoms with E-state index in [1.54, 1.807) is 12.4 Å². The molecule has 18 heavy (non-hydrogen) atoms. The minimum atomic E-state index is 0.454. The molecule has 0 saturated heterocycles. The summed E-state index contributed by atoms with van der Waals surface area (Å²) in [6.07, 6.45) is 4.27. The summed E-state index contributed by atoms with van der Waals surface area (Å²) < 4.78 is 5.78. The molecular formula is C14H15ClN2O. The van der Waals surface area contributed by atoms with E-state index in [9.17, 15) is 0 Å². The van der Waals surface area contributed by atoms with Crippen LogP contribution in [0.4, 0.5) is 0 Å². The molecule has 0 aliphatic rings. The van der Waals surface area contributed by atoms with Crippen molar-refractivity contribution in [3.8, 4) is 5.75 Å². The first kappa shape index (κ1) is 12.9. The van der Waals surface area contributed by atoms with Crippen molar-refractivity contribution in [2.75, 3.05) is 6.54 Å². The van der Waals surface area contributed by atoms with E-state index in [1.807, 2.05) is 30.3 Å². The van der Waals surface area contributed by atoms with Crippen LogP contribution in [0.3, 0.4) is 0 Å². The molecular weight excluding hydrogens is 248 g/mol. The second-order valence-corrected chi connectivity index (χ2v) is 4.32. The van der Waals surface area contributed by atoms with Crippen LogP contribution < -0.4 is 10.5 Å². The number of hydrogen-bond donors (Lipinski definition) is 1. The summed E-state index contributed by atoms with van der Waals surface area (Å²) in [4.78, 5) is 4.05. The molecule has 0 fully saturated rings. The van der Waals surface area contributed by atoms with Crippen molar-refractivity contribution in [1.29, 1.82) is 0 Å². The smallest absolute Gasteiger partial charge is 0.141 e. The van der Waals surface area contributed by atoms with Gasteiger partial charge in [0.05, 0.1) is 5.02 Å². The third kappa shape index (κ3) is 3.22. The summed E-state index contributed by atoms with van der Waals surface area (Å²) in [6.45, 7) is 1.03. The molecule has 1 aromatic carbocycles. The monoisotopic (exact) mass is 262 g/mol. The number of rotatable bonds is 5. The molecule has 0 aliphatic heterocycles. The molecule has 0 unspecified atom stereocenters. The Morgan fingerprint density at radius 3 is 2.83 bits per heavy atom. The minimum absolute atomic E-state index is 0.454. The van der Waals surface area contributed by atoms with Gasteiger partial charge in [-0.25, -0.2) is 0 Å². The highest BCUT2D eigenvalue weighted by Crippen LogP contribution is 2.29. The van der Waals surface area contributed by atoms with Crippen LogP contribution in [0.25, 0.3) is 0 Å². The van der Waals surface area contributed by atoms with Crippen LogP contribution in [0.1, 0.15) is 11.1 Å². The number of para-hydroxylation sites is 1. The van der Waals surface area contributed by atoms with E-state index in [2.05, 4.69) is 4.98 Å². The molecule has 0 saturated carbocycles. The van der Waals surface area contributed by atoms with Gasteiger partial charge in [-0.15, -0.1) is 0 Å². The number of hydrogen-bond acceptors (Lipinski definition) is 3. The average molecular weight is 263 g/mol. The summed E-state index contributed by atoms with van der Waals surface area (Å²) in [5.74, 6) is 0.716. The molecule has 94 valence electrons. The van der Waals surface area contributed by atoms with Gasteiger partial charge in [-0.05, 0) is 30.7 Å². The first-order valence-corrected chi connectivity index (χ1v) is 6.18. The predicted octanol–water partition coefficient (Wildman–Crippen LogP) is 2.82. The Hall–Kier alpha value is -1.58. The fourth-order valence-electron chi connectivity index (χ4n) is 1.71. The molecule has 0 amide bonds. The summed E-state index contributed by atoms with van der Waals surface area (Å²) >= 11 is 6.15. The van der Waals surface area contributed by atoms with Crippen LogP contribution in [0.15, 0.2) is 42.7 Å². The van der Waals surface area contributed by atoms with Crippen LogP contribution in [-0.4, -0.2) is 11.5 Å². The second kappa shape index (κ2) is 6.38. The third-order valence-corrected chi connectivity index (χ3v) is 2.87. The Morgan fingerprint density at radius 2 is 2.11 bits per heavy atom. The van der Waals surface area contributed by atoms with Crippen LogP contribution in [0.2, 0.25) is 5.02 Å². The maximum absolute atomic E-state index is 6.15. The summed E-state index contributed by atoms with van der Waals surface area (Å²) in [5, 5.41) is 0.616. The number of aromatic nitrogens is 1. The van der Waals surface area contributed by atoms with Crippen LogP contribution in [-0.2, 0) is 13.0 Å². The van der Waals surface area contributed by atoms with Crippen molar-refractivity contribution in [1.82, 2.24) is 4.98 Å². The molecule has 0 atom stereocenters. The number of halogens is 1. The Labute approximate surface area is 112 Å². The fourth-order valence-corrected chi connectivity index (χ4v) is 1.96. The Morgan fingerprint density at radius 1 is 1.22 bits per heavy atom. The van der Waals surface area contributed by atoms with E-state index >= 15 is 0 Å². The maximum atomic E-state index is 6.15. The summed E-state index contributed by atoms with van der Waals surface area (Å²) in [5.41, 5.74) is 7.62. The average Bonchev–Trinajstić information content (AvgIpc) is 2.40. The van der Waals surface area contributed by atoms with Gasteiger partial charge in [0.25, 0.3) is 0 Å². The lowest BCUT2D eigenvalue weighted by Gasteiger charge is -2.12. The highest BCUT2D eigenvalue weighted by molar-refractivity contribution is 6.32. The lowest BCUT2D eigenvalue weighted by molar-refractivity contribution is 0.302. The normalized spacial score (nSPS) is 10.3. The lowest BCUT2D eigenvalue weighted by Crippen LogP contribution is -2.06. The van der Waals surface area contributed by atoms with Gasteiger partial charge in [0.2, 0.25) is 0 Å². The highest BCUT2D eigenvalue weighted by atomic mass is 35.5. The van der Waals surface area contributed by atoms with Gasteiger partial charge in [-0.1, -0.05) is 29.8 Å². The maximum Gasteiger partial charge on any atom is 0.141 e. The number of benzene rings is 1. The van der Waals surface area contributed by atoms with E-state index in [0.29, 0.717) is 23.9 Å². The molecule has 2 rings (SSSR count). The van der Waals surface area contributed by atoms with Crippen LogP contribution in [0, 0.1) is 0 Å². The van der Waals surface area contributed by atoms with Gasteiger partial charge in [-0.3, -0.25) is 4.98 Å². The van der Waals surface area contributed by atoms with E-state index in [1.165, 1.54) is 0 Å². The van der Waals surface area contributed by atoms with E-state index in [0.717, 1.165) is 17.5 Å². The fraction of sp³-hybridized carbons (Fsp3) is 0.214. The molecule has 4 heteroatoms. The minimum Gasteiger partial charge on any atom is -0.487 e. The summed E-state index contributed by atoms with van der Waals surface area (Å²) in [7, 11) is 0. The predicted molar refractivity (Wildman–Crippen MR) is 72.8 cm³/mol. The van der Waals surface area contributed by atoms with Gasteiger partial charge in [0.1, 0.15) is 12.4 Å². The largest absolute Gasteiger partial charge is 0.487 e. The number of pyridine rings is 1. The zero-order valence-corrected chi connectivity index (χ0v) is 10.7. The van der Waals surface area contributed by atoms with E-state index in [4.69, 9.17) is 22.1 Å². The molecule has 0 radical (unpaired) electrons. The topological polar surface area (TPSA) is 48.1 Å². The van der Waals surface area contributed by atoms with Gasteiger partial charge in [0, 0.05) is 18.0 Å². The third-order valence-electron chi connectivity index (χ3n) is 2.57. The molecule has 0 aliphatic carbocycles. The summed E-state index contributed by atoms with van der Waals surface area (Å²) in [6, 6.07) is 9.56. The molecule has 1 heterocycles. The first-order chi connectivity index (χ1) is 8.81. The zero-order chi connectivity index (χ0) is 12.8. The van der Waals surface area contributed by atoms with Gasteiger partial charge < -0.3 is 10.5 Å². The number of nitrogens with two attached hydrogens (primary N) is 1. The van der Waals surface area contributed by atoms with Crippen molar-refractivity contribution in [2.24, 2.45) is 5.73 Å². The van der Waals surface area contributed by atoms with Crippen molar-refractivity contribution in [3.63, 3.8) is 0 Å². The molecule has 1 aromatic heterocycles. The molecule has 2 aromatic rings. The first-order valence-electron chi connectivity index (χ1n) is 5.80. The Bertz CT molecular complexity index is 502. The molecule has 0 spiro atoms. The van der Waals surface area contributed by atoms with Gasteiger partial charge in [-0.2, -0.15) is 0 Å². The van der Waals surface area contributed by atoms with Crippen molar-refractivity contribution >= 4 is 11.6 Å². The molecule has 3 nitrogen and oxygen atoms in total. The molecule has 0 bridgehead atoms. The Balaban J connectivity index is 2.13. The SMILES string of the molecule is NCCc1cccc(Cl)c1OCc1cccnc1. The van der Waals surface area contributed by atoms with Crippen molar-refractivity contribution in [2.45, 2.75) is 13.0 Å². The lowest BCUT2D eigenvalue weighted by atomic mass is 10.1. The van der Waals surface area contributed by atoms with Crippen molar-refractivity contribution < 1.29 is 4.74 Å². The van der Waals surface area contributed by atoms with Gasteiger partial charge in [0.15, 0.2) is 0 Å². The zero-order valence-electron chi connectivity index (χ0n) is 9.97. The van der Waals surface area contributed by atoms with Crippen LogP contribution >= 0.6 is 11.6 Å². The Kier molecular flexibility index (Phi) is 4.56. The van der Waals surface area contributed by atoms with Gasteiger partial charge >= 0.3 is 0 Å². The van der Waals surface area contributed by atoms with Crippen LogP contribution in [0.5, 0.6) is 5.75 Å². The molecule has 2 N–H and O–H groups in total. The van der Waals surface area contributed by atoms with E-state index < -0.39 is 0 Å². The second-order valence-electron chi connectivity index (χ2n) is 3.92. The quantitative estimate of drug-likeness (QED) is 0.901. The highest BCUT2D eigenvalue weighted by Gasteiger charge is 2.08. The van der Waals surface area contributed by atoms with E-state index in [-0.39, 0.29) is 0 Å². The van der Waals surface area contributed by atoms with Crippen molar-refractivity contribution in [3.05, 3.63) is 58.9 Å². The number of nitrogens with zero attached hydrogens (tertiary/aromatic N) is 1. The number of ether oxygens (including phenoxy) is 1.